The Morgan fingerprint density at radius 1 is 1.30 bits per heavy atom. The van der Waals surface area contributed by atoms with E-state index in [0.29, 0.717) is 19.0 Å². The van der Waals surface area contributed by atoms with E-state index in [-0.39, 0.29) is 17.9 Å². The van der Waals surface area contributed by atoms with Crippen molar-refractivity contribution in [1.82, 2.24) is 20.2 Å². The molecule has 0 radical (unpaired) electrons. The molecule has 0 aliphatic carbocycles. The fourth-order valence-electron chi connectivity index (χ4n) is 4.18. The highest BCUT2D eigenvalue weighted by Gasteiger charge is 2.25. The van der Waals surface area contributed by atoms with Crippen LogP contribution in [0, 0.1) is 11.7 Å². The summed E-state index contributed by atoms with van der Waals surface area (Å²) in [6.45, 7) is 4.77. The zero-order valence-corrected chi connectivity index (χ0v) is 17.4. The Morgan fingerprint density at radius 2 is 2.07 bits per heavy atom. The van der Waals surface area contributed by atoms with Crippen LogP contribution in [0.2, 0.25) is 0 Å². The van der Waals surface area contributed by atoms with Crippen molar-refractivity contribution in [2.75, 3.05) is 19.8 Å². The van der Waals surface area contributed by atoms with Gasteiger partial charge in [-0.15, -0.1) is 0 Å². The summed E-state index contributed by atoms with van der Waals surface area (Å²) in [6.07, 6.45) is 6.39. The molecule has 7 heteroatoms. The van der Waals surface area contributed by atoms with Crippen molar-refractivity contribution in [2.45, 2.75) is 51.6 Å². The van der Waals surface area contributed by atoms with Crippen molar-refractivity contribution < 1.29 is 13.9 Å². The summed E-state index contributed by atoms with van der Waals surface area (Å²) in [5.74, 6) is 1.16. The molecular weight excluding hydrogens is 383 g/mol. The fourth-order valence-corrected chi connectivity index (χ4v) is 4.18. The number of carbonyl (C=O) groups excluding carboxylic acids is 1. The van der Waals surface area contributed by atoms with Crippen LogP contribution in [0.25, 0.3) is 0 Å². The molecule has 6 nitrogen and oxygen atoms in total. The first kappa shape index (κ1) is 20.7. The Bertz CT molecular complexity index is 868. The Labute approximate surface area is 176 Å². The van der Waals surface area contributed by atoms with E-state index in [1.165, 1.54) is 12.1 Å². The summed E-state index contributed by atoms with van der Waals surface area (Å²) in [4.78, 5) is 24.1. The first-order valence-electron chi connectivity index (χ1n) is 10.8. The molecule has 0 spiro atoms. The Morgan fingerprint density at radius 3 is 2.80 bits per heavy atom. The summed E-state index contributed by atoms with van der Waals surface area (Å²) in [5.41, 5.74) is 2.98. The van der Waals surface area contributed by atoms with Crippen LogP contribution in [0.4, 0.5) is 9.18 Å². The zero-order valence-electron chi connectivity index (χ0n) is 17.4. The lowest BCUT2D eigenvalue weighted by Gasteiger charge is -2.30. The summed E-state index contributed by atoms with van der Waals surface area (Å²) in [5, 5.41) is 3.09. The van der Waals surface area contributed by atoms with Crippen LogP contribution in [0.15, 0.2) is 30.5 Å². The highest BCUT2D eigenvalue weighted by molar-refractivity contribution is 5.75. The Balaban J connectivity index is 1.40. The van der Waals surface area contributed by atoms with Gasteiger partial charge in [-0.25, -0.2) is 19.2 Å². The fraction of sp³-hybridized carbons (Fsp3) is 0.522. The van der Waals surface area contributed by atoms with Crippen molar-refractivity contribution >= 4 is 6.03 Å². The molecule has 0 saturated carbocycles. The van der Waals surface area contributed by atoms with Crippen LogP contribution in [0.3, 0.4) is 0 Å². The number of hydrogen-bond donors (Lipinski definition) is 1. The first-order chi connectivity index (χ1) is 14.6. The van der Waals surface area contributed by atoms with Gasteiger partial charge < -0.3 is 15.0 Å². The standard InChI is InChI=1S/C23H29FN4O2/c1-2-20(17-3-5-19(24)6-4-17)27-23(29)28-10-7-18-14-25-22(26-21(18)15-28)13-16-8-11-30-12-9-16/h3-6,14,16,20H,2,7-13,15H2,1H3,(H,27,29)/t20-/m0/s1. The number of benzene rings is 1. The monoisotopic (exact) mass is 412 g/mol. The van der Waals surface area contributed by atoms with E-state index < -0.39 is 0 Å². The number of nitrogens with zero attached hydrogens (tertiary/aromatic N) is 3. The maximum atomic E-state index is 13.2. The number of aromatic nitrogens is 2. The van der Waals surface area contributed by atoms with Crippen LogP contribution in [-0.4, -0.2) is 40.7 Å². The largest absolute Gasteiger partial charge is 0.381 e. The van der Waals surface area contributed by atoms with Gasteiger partial charge in [0, 0.05) is 32.4 Å². The van der Waals surface area contributed by atoms with Gasteiger partial charge in [0.1, 0.15) is 11.6 Å². The third-order valence-corrected chi connectivity index (χ3v) is 6.07. The number of ether oxygens (including phenoxy) is 1. The van der Waals surface area contributed by atoms with Crippen molar-refractivity contribution in [3.63, 3.8) is 0 Å². The van der Waals surface area contributed by atoms with Gasteiger partial charge >= 0.3 is 6.03 Å². The Kier molecular flexibility index (Phi) is 6.57. The second-order valence-electron chi connectivity index (χ2n) is 8.15. The molecule has 3 heterocycles. The quantitative estimate of drug-likeness (QED) is 0.811. The maximum absolute atomic E-state index is 13.2. The number of fused-ring (bicyclic) bond motifs is 1. The number of hydrogen-bond acceptors (Lipinski definition) is 4. The van der Waals surface area contributed by atoms with E-state index in [1.807, 2.05) is 13.1 Å². The minimum Gasteiger partial charge on any atom is -0.381 e. The number of urea groups is 1. The van der Waals surface area contributed by atoms with Crippen LogP contribution in [0.1, 0.15) is 54.9 Å². The average Bonchev–Trinajstić information content (AvgIpc) is 2.78. The van der Waals surface area contributed by atoms with Gasteiger partial charge in [0.15, 0.2) is 0 Å². The van der Waals surface area contributed by atoms with Crippen molar-refractivity contribution in [3.05, 3.63) is 58.9 Å². The second kappa shape index (κ2) is 9.51. The van der Waals surface area contributed by atoms with E-state index >= 15 is 0 Å². The van der Waals surface area contributed by atoms with E-state index in [2.05, 4.69) is 10.3 Å². The summed E-state index contributed by atoms with van der Waals surface area (Å²) < 4.78 is 18.7. The van der Waals surface area contributed by atoms with Crippen LogP contribution < -0.4 is 5.32 Å². The molecule has 160 valence electrons. The highest BCUT2D eigenvalue weighted by atomic mass is 19.1. The van der Waals surface area contributed by atoms with Gasteiger partial charge in [-0.3, -0.25) is 0 Å². The molecule has 1 saturated heterocycles. The average molecular weight is 413 g/mol. The second-order valence-corrected chi connectivity index (χ2v) is 8.15. The zero-order chi connectivity index (χ0) is 20.9. The highest BCUT2D eigenvalue weighted by Crippen LogP contribution is 2.22. The lowest BCUT2D eigenvalue weighted by atomic mass is 9.96. The predicted octanol–water partition coefficient (Wildman–Crippen LogP) is 3.80. The van der Waals surface area contributed by atoms with Gasteiger partial charge in [0.2, 0.25) is 0 Å². The van der Waals surface area contributed by atoms with Gasteiger partial charge in [0.25, 0.3) is 0 Å². The number of halogens is 1. The molecule has 0 unspecified atom stereocenters. The van der Waals surface area contributed by atoms with E-state index in [4.69, 9.17) is 9.72 Å². The van der Waals surface area contributed by atoms with E-state index in [0.717, 1.165) is 68.0 Å². The predicted molar refractivity (Wildman–Crippen MR) is 111 cm³/mol. The molecule has 1 atom stereocenters. The van der Waals surface area contributed by atoms with Crippen molar-refractivity contribution in [2.24, 2.45) is 5.92 Å². The van der Waals surface area contributed by atoms with Gasteiger partial charge in [0.05, 0.1) is 18.3 Å². The number of carbonyl (C=O) groups is 1. The van der Waals surface area contributed by atoms with Gasteiger partial charge in [-0.05, 0) is 54.9 Å². The van der Waals surface area contributed by atoms with E-state index in [9.17, 15) is 9.18 Å². The van der Waals surface area contributed by atoms with Crippen molar-refractivity contribution in [1.29, 1.82) is 0 Å². The SMILES string of the molecule is CC[C@H](NC(=O)N1CCc2cnc(CC3CCOCC3)nc2C1)c1ccc(F)cc1. The molecule has 2 aromatic rings. The minimum absolute atomic E-state index is 0.110. The topological polar surface area (TPSA) is 67.4 Å². The molecule has 2 aliphatic rings. The molecular formula is C23H29FN4O2. The smallest absolute Gasteiger partial charge is 0.318 e. The van der Waals surface area contributed by atoms with Crippen molar-refractivity contribution in [3.8, 4) is 0 Å². The summed E-state index contributed by atoms with van der Waals surface area (Å²) in [7, 11) is 0. The molecule has 1 N–H and O–H groups in total. The lowest BCUT2D eigenvalue weighted by Crippen LogP contribution is -2.44. The summed E-state index contributed by atoms with van der Waals surface area (Å²) >= 11 is 0. The normalized spacial score (nSPS) is 18.0. The lowest BCUT2D eigenvalue weighted by molar-refractivity contribution is 0.0659. The number of nitrogens with one attached hydrogen (secondary N) is 1. The molecule has 1 aromatic carbocycles. The van der Waals surface area contributed by atoms with Crippen LogP contribution in [0.5, 0.6) is 0 Å². The minimum atomic E-state index is -0.274. The third-order valence-electron chi connectivity index (χ3n) is 6.07. The van der Waals surface area contributed by atoms with Gasteiger partial charge in [-0.1, -0.05) is 19.1 Å². The Hall–Kier alpha value is -2.54. The van der Waals surface area contributed by atoms with Gasteiger partial charge in [-0.2, -0.15) is 0 Å². The third kappa shape index (κ3) is 4.95. The van der Waals surface area contributed by atoms with Crippen LogP contribution >= 0.6 is 0 Å². The van der Waals surface area contributed by atoms with E-state index in [1.54, 1.807) is 17.0 Å². The number of amides is 2. The molecule has 1 fully saturated rings. The first-order valence-corrected chi connectivity index (χ1v) is 10.8. The molecule has 4 rings (SSSR count). The molecule has 2 amide bonds. The summed E-state index contributed by atoms with van der Waals surface area (Å²) in [6, 6.07) is 6.06. The molecule has 30 heavy (non-hydrogen) atoms. The maximum Gasteiger partial charge on any atom is 0.318 e. The van der Waals surface area contributed by atoms with Crippen LogP contribution in [-0.2, 0) is 24.1 Å². The molecule has 0 bridgehead atoms. The number of rotatable bonds is 5. The molecule has 2 aliphatic heterocycles. The molecule has 1 aromatic heterocycles.